The lowest BCUT2D eigenvalue weighted by atomic mass is 9.88. The van der Waals surface area contributed by atoms with Crippen molar-refractivity contribution in [2.24, 2.45) is 5.92 Å². The van der Waals surface area contributed by atoms with Crippen molar-refractivity contribution in [1.29, 1.82) is 0 Å². The van der Waals surface area contributed by atoms with E-state index in [0.29, 0.717) is 12.3 Å². The third kappa shape index (κ3) is 2.16. The van der Waals surface area contributed by atoms with Crippen LogP contribution in [0.3, 0.4) is 0 Å². The monoisotopic (exact) mass is 249 g/mol. The average molecular weight is 249 g/mol. The molecule has 0 aliphatic carbocycles. The molecule has 1 amide bonds. The number of amides is 1. The second-order valence-electron chi connectivity index (χ2n) is 4.13. The number of methoxy groups -OCH3 is 2. The maximum absolute atomic E-state index is 11.7. The highest BCUT2D eigenvalue weighted by Crippen LogP contribution is 2.31. The largest absolute Gasteiger partial charge is 0.497 e. The molecule has 5 heteroatoms. The summed E-state index contributed by atoms with van der Waals surface area (Å²) in [6.45, 7) is 0.436. The molecular weight excluding hydrogens is 234 g/mol. The maximum Gasteiger partial charge on any atom is 0.318 e. The van der Waals surface area contributed by atoms with Gasteiger partial charge >= 0.3 is 5.97 Å². The van der Waals surface area contributed by atoms with Crippen LogP contribution in [0, 0.1) is 5.92 Å². The molecule has 1 aliphatic heterocycles. The molecule has 1 aromatic rings. The van der Waals surface area contributed by atoms with Gasteiger partial charge in [-0.2, -0.15) is 0 Å². The first-order valence-electron chi connectivity index (χ1n) is 5.67. The number of ether oxygens (including phenoxy) is 2. The first kappa shape index (κ1) is 12.4. The van der Waals surface area contributed by atoms with Gasteiger partial charge in [0.2, 0.25) is 5.91 Å². The average Bonchev–Trinajstić information content (AvgIpc) is 2.80. The Bertz CT molecular complexity index is 472. The number of carbonyl (C=O) groups excluding carboxylic acids is 2. The van der Waals surface area contributed by atoms with Gasteiger partial charge in [-0.05, 0) is 17.7 Å². The second kappa shape index (κ2) is 5.08. The highest BCUT2D eigenvalue weighted by Gasteiger charge is 2.41. The van der Waals surface area contributed by atoms with Crippen LogP contribution in [0.5, 0.6) is 5.75 Å². The van der Waals surface area contributed by atoms with Gasteiger partial charge in [0.15, 0.2) is 0 Å². The van der Waals surface area contributed by atoms with Crippen molar-refractivity contribution in [3.8, 4) is 5.75 Å². The number of hydrogen-bond donors (Lipinski definition) is 1. The Morgan fingerprint density at radius 3 is 2.83 bits per heavy atom. The number of benzene rings is 1. The molecule has 0 unspecified atom stereocenters. The molecule has 96 valence electrons. The van der Waals surface area contributed by atoms with Crippen LogP contribution >= 0.6 is 0 Å². The summed E-state index contributed by atoms with van der Waals surface area (Å²) in [5.74, 6) is -1.06. The highest BCUT2D eigenvalue weighted by atomic mass is 16.5. The lowest BCUT2D eigenvalue weighted by molar-refractivity contribution is -0.149. The van der Waals surface area contributed by atoms with Gasteiger partial charge in [-0.1, -0.05) is 12.1 Å². The molecule has 1 N–H and O–H groups in total. The molecule has 0 aromatic heterocycles. The van der Waals surface area contributed by atoms with Crippen LogP contribution in [0.1, 0.15) is 11.5 Å². The van der Waals surface area contributed by atoms with E-state index in [9.17, 15) is 9.59 Å². The fraction of sp³-hybridized carbons (Fsp3) is 0.385. The molecular formula is C13H15NO4. The van der Waals surface area contributed by atoms with E-state index in [2.05, 4.69) is 10.1 Å². The lowest BCUT2D eigenvalue weighted by Crippen LogP contribution is -2.28. The molecule has 0 bridgehead atoms. The molecule has 1 saturated heterocycles. The van der Waals surface area contributed by atoms with Gasteiger partial charge in [0.1, 0.15) is 11.7 Å². The predicted octanol–water partition coefficient (Wildman–Crippen LogP) is 0.698. The van der Waals surface area contributed by atoms with E-state index >= 15 is 0 Å². The van der Waals surface area contributed by atoms with Crippen molar-refractivity contribution in [2.75, 3.05) is 20.8 Å². The molecule has 18 heavy (non-hydrogen) atoms. The van der Waals surface area contributed by atoms with Gasteiger partial charge in [-0.25, -0.2) is 0 Å². The zero-order valence-corrected chi connectivity index (χ0v) is 10.3. The first-order chi connectivity index (χ1) is 8.67. The minimum atomic E-state index is -0.776. The molecule has 0 saturated carbocycles. The minimum Gasteiger partial charge on any atom is -0.497 e. The quantitative estimate of drug-likeness (QED) is 0.632. The molecule has 1 aromatic carbocycles. The topological polar surface area (TPSA) is 64.6 Å². The van der Waals surface area contributed by atoms with Gasteiger partial charge in [0.25, 0.3) is 0 Å². The molecule has 1 fully saturated rings. The van der Waals surface area contributed by atoms with E-state index in [1.54, 1.807) is 7.11 Å². The molecule has 0 spiro atoms. The van der Waals surface area contributed by atoms with E-state index in [0.717, 1.165) is 5.56 Å². The SMILES string of the molecule is COC(=O)[C@H]1C(=O)NC[C@@H]1c1cccc(OC)c1. The third-order valence-electron chi connectivity index (χ3n) is 3.16. The van der Waals surface area contributed by atoms with Crippen LogP contribution in [-0.2, 0) is 14.3 Å². The van der Waals surface area contributed by atoms with Crippen molar-refractivity contribution in [1.82, 2.24) is 5.32 Å². The number of hydrogen-bond acceptors (Lipinski definition) is 4. The Labute approximate surface area is 105 Å². The summed E-state index contributed by atoms with van der Waals surface area (Å²) in [5.41, 5.74) is 0.892. The van der Waals surface area contributed by atoms with Crippen molar-refractivity contribution in [2.45, 2.75) is 5.92 Å². The van der Waals surface area contributed by atoms with Crippen LogP contribution in [-0.4, -0.2) is 32.6 Å². The smallest absolute Gasteiger partial charge is 0.318 e. The summed E-state index contributed by atoms with van der Waals surface area (Å²) in [4.78, 5) is 23.3. The maximum atomic E-state index is 11.7. The summed E-state index contributed by atoms with van der Waals surface area (Å²) in [7, 11) is 2.87. The Morgan fingerprint density at radius 2 is 2.17 bits per heavy atom. The Morgan fingerprint density at radius 1 is 1.39 bits per heavy atom. The van der Waals surface area contributed by atoms with E-state index < -0.39 is 11.9 Å². The molecule has 0 radical (unpaired) electrons. The van der Waals surface area contributed by atoms with Crippen LogP contribution in [0.4, 0.5) is 0 Å². The van der Waals surface area contributed by atoms with E-state index in [1.807, 2.05) is 24.3 Å². The number of rotatable bonds is 3. The van der Waals surface area contributed by atoms with E-state index in [-0.39, 0.29) is 11.8 Å². The summed E-state index contributed by atoms with van der Waals surface area (Å²) in [6, 6.07) is 7.37. The van der Waals surface area contributed by atoms with Gasteiger partial charge in [-0.15, -0.1) is 0 Å². The third-order valence-corrected chi connectivity index (χ3v) is 3.16. The van der Waals surface area contributed by atoms with Crippen LogP contribution < -0.4 is 10.1 Å². The highest BCUT2D eigenvalue weighted by molar-refractivity contribution is 6.00. The summed E-state index contributed by atoms with van der Waals surface area (Å²) in [5, 5.41) is 2.69. The zero-order valence-electron chi connectivity index (χ0n) is 10.3. The zero-order chi connectivity index (χ0) is 13.1. The molecule has 1 aliphatic rings. The summed E-state index contributed by atoms with van der Waals surface area (Å²) >= 11 is 0. The number of carbonyl (C=O) groups is 2. The first-order valence-corrected chi connectivity index (χ1v) is 5.67. The van der Waals surface area contributed by atoms with E-state index in [1.165, 1.54) is 7.11 Å². The van der Waals surface area contributed by atoms with Gasteiger partial charge in [0, 0.05) is 12.5 Å². The molecule has 2 rings (SSSR count). The standard InChI is InChI=1S/C13H15NO4/c1-17-9-5-3-4-8(6-9)10-7-14-12(15)11(10)13(16)18-2/h3-6,10-11H,7H2,1-2H3,(H,14,15)/t10-,11-/m1/s1. The van der Waals surface area contributed by atoms with E-state index in [4.69, 9.17) is 4.74 Å². The number of nitrogens with one attached hydrogen (secondary N) is 1. The normalized spacial score (nSPS) is 22.4. The Kier molecular flexibility index (Phi) is 3.50. The molecule has 2 atom stereocenters. The summed E-state index contributed by atoms with van der Waals surface area (Å²) < 4.78 is 9.82. The fourth-order valence-electron chi connectivity index (χ4n) is 2.20. The van der Waals surface area contributed by atoms with Gasteiger partial charge in [0.05, 0.1) is 14.2 Å². The summed E-state index contributed by atoms with van der Waals surface area (Å²) in [6.07, 6.45) is 0. The van der Waals surface area contributed by atoms with Crippen molar-refractivity contribution in [3.63, 3.8) is 0 Å². The second-order valence-corrected chi connectivity index (χ2v) is 4.13. The Balaban J connectivity index is 2.30. The Hall–Kier alpha value is -2.04. The lowest BCUT2D eigenvalue weighted by Gasteiger charge is -2.15. The van der Waals surface area contributed by atoms with Crippen molar-refractivity contribution < 1.29 is 19.1 Å². The molecule has 5 nitrogen and oxygen atoms in total. The predicted molar refractivity (Wildman–Crippen MR) is 64.3 cm³/mol. The molecule has 1 heterocycles. The van der Waals surface area contributed by atoms with Crippen LogP contribution in [0.15, 0.2) is 24.3 Å². The fourth-order valence-corrected chi connectivity index (χ4v) is 2.20. The van der Waals surface area contributed by atoms with Gasteiger partial charge < -0.3 is 14.8 Å². The van der Waals surface area contributed by atoms with Crippen molar-refractivity contribution >= 4 is 11.9 Å². The van der Waals surface area contributed by atoms with Crippen molar-refractivity contribution in [3.05, 3.63) is 29.8 Å². The van der Waals surface area contributed by atoms with Crippen LogP contribution in [0.25, 0.3) is 0 Å². The minimum absolute atomic E-state index is 0.208. The van der Waals surface area contributed by atoms with Gasteiger partial charge in [-0.3, -0.25) is 9.59 Å². The van der Waals surface area contributed by atoms with Crippen LogP contribution in [0.2, 0.25) is 0 Å². The number of esters is 1.